The lowest BCUT2D eigenvalue weighted by Crippen LogP contribution is -2.38. The maximum absolute atomic E-state index is 12.7. The third-order valence-corrected chi connectivity index (χ3v) is 3.43. The van der Waals surface area contributed by atoms with E-state index in [9.17, 15) is 35.9 Å². The number of benzene rings is 1. The maximum Gasteiger partial charge on any atom is 0.416 e. The zero-order valence-corrected chi connectivity index (χ0v) is 11.5. The quantitative estimate of drug-likeness (QED) is 0.859. The van der Waals surface area contributed by atoms with Crippen LogP contribution in [-0.2, 0) is 28.5 Å². The Bertz CT molecular complexity index is 595. The molecule has 0 radical (unpaired) electrons. The van der Waals surface area contributed by atoms with E-state index in [0.717, 1.165) is 0 Å². The molecule has 0 atom stereocenters. The monoisotopic (exact) mass is 339 g/mol. The van der Waals surface area contributed by atoms with Crippen molar-refractivity contribution < 1.29 is 35.9 Å². The smallest absolute Gasteiger partial charge is 0.352 e. The Balaban J connectivity index is 2.17. The van der Waals surface area contributed by atoms with Crippen molar-refractivity contribution in [2.24, 2.45) is 5.92 Å². The number of carbonyl (C=O) groups excluding carboxylic acids is 2. The van der Waals surface area contributed by atoms with Crippen LogP contribution >= 0.6 is 0 Å². The molecule has 0 heterocycles. The third kappa shape index (κ3) is 4.23. The van der Waals surface area contributed by atoms with E-state index in [1.54, 1.807) is 0 Å². The molecule has 3 nitrogen and oxygen atoms in total. The van der Waals surface area contributed by atoms with Crippen LogP contribution in [0.5, 0.6) is 0 Å². The highest BCUT2D eigenvalue weighted by Crippen LogP contribution is 2.36. The van der Waals surface area contributed by atoms with Crippen molar-refractivity contribution in [1.82, 2.24) is 5.32 Å². The van der Waals surface area contributed by atoms with Crippen molar-refractivity contribution in [2.75, 3.05) is 0 Å². The lowest BCUT2D eigenvalue weighted by atomic mass is 9.83. The molecular weight excluding hydrogens is 328 g/mol. The van der Waals surface area contributed by atoms with E-state index in [0.29, 0.717) is 12.1 Å². The first-order valence-corrected chi connectivity index (χ1v) is 6.54. The van der Waals surface area contributed by atoms with E-state index in [4.69, 9.17) is 0 Å². The predicted octanol–water partition coefficient (Wildman–Crippen LogP) is 3.32. The van der Waals surface area contributed by atoms with Crippen LogP contribution in [0.25, 0.3) is 0 Å². The van der Waals surface area contributed by atoms with Gasteiger partial charge in [0.05, 0.1) is 17.0 Å². The van der Waals surface area contributed by atoms with Gasteiger partial charge in [0.15, 0.2) is 0 Å². The number of halogens is 6. The van der Waals surface area contributed by atoms with Crippen molar-refractivity contribution in [1.29, 1.82) is 0 Å². The fourth-order valence-corrected chi connectivity index (χ4v) is 2.13. The lowest BCUT2D eigenvalue weighted by Gasteiger charge is -2.23. The maximum atomic E-state index is 12.7. The third-order valence-electron chi connectivity index (χ3n) is 3.43. The minimum absolute atomic E-state index is 0.0237. The zero-order chi connectivity index (χ0) is 17.4. The highest BCUT2D eigenvalue weighted by atomic mass is 19.4. The van der Waals surface area contributed by atoms with Gasteiger partial charge in [-0.25, -0.2) is 0 Å². The standard InChI is InChI=1S/C14H11F6NO2/c15-13(16,17)9-1-7(2-10(5-9)14(18,19)20)6-21-12(23)8-3-11(22)4-8/h1-2,5,8H,3-4,6H2,(H,21,23). The van der Waals surface area contributed by atoms with E-state index >= 15 is 0 Å². The van der Waals surface area contributed by atoms with Crippen LogP contribution in [0.15, 0.2) is 18.2 Å². The molecule has 1 aromatic rings. The zero-order valence-electron chi connectivity index (χ0n) is 11.5. The molecule has 0 aromatic heterocycles. The lowest BCUT2D eigenvalue weighted by molar-refractivity contribution is -0.143. The predicted molar refractivity (Wildman–Crippen MR) is 66.0 cm³/mol. The molecule has 0 aliphatic heterocycles. The second kappa shape index (κ2) is 5.86. The average molecular weight is 339 g/mol. The molecule has 1 saturated carbocycles. The highest BCUT2D eigenvalue weighted by molar-refractivity contribution is 5.96. The van der Waals surface area contributed by atoms with E-state index in [-0.39, 0.29) is 30.3 Å². The van der Waals surface area contributed by atoms with Crippen molar-refractivity contribution in [3.8, 4) is 0 Å². The van der Waals surface area contributed by atoms with E-state index in [1.807, 2.05) is 0 Å². The van der Waals surface area contributed by atoms with Crippen LogP contribution in [0.4, 0.5) is 26.3 Å². The number of carbonyl (C=O) groups is 2. The minimum Gasteiger partial charge on any atom is -0.352 e. The molecule has 1 aliphatic carbocycles. The molecular formula is C14H11F6NO2. The number of hydrogen-bond donors (Lipinski definition) is 1. The van der Waals surface area contributed by atoms with Gasteiger partial charge in [-0.05, 0) is 23.8 Å². The van der Waals surface area contributed by atoms with Gasteiger partial charge < -0.3 is 5.32 Å². The second-order valence-electron chi connectivity index (χ2n) is 5.28. The number of amides is 1. The topological polar surface area (TPSA) is 46.2 Å². The molecule has 1 aliphatic rings. The number of ketones is 1. The summed E-state index contributed by atoms with van der Waals surface area (Å²) in [6.07, 6.45) is -9.77. The van der Waals surface area contributed by atoms with Gasteiger partial charge in [-0.2, -0.15) is 26.3 Å². The molecule has 1 fully saturated rings. The Hall–Kier alpha value is -2.06. The first-order valence-electron chi connectivity index (χ1n) is 6.54. The summed E-state index contributed by atoms with van der Waals surface area (Å²) in [5, 5.41) is 2.25. The molecule has 2 rings (SSSR count). The van der Waals surface area contributed by atoms with Crippen molar-refractivity contribution in [2.45, 2.75) is 31.7 Å². The van der Waals surface area contributed by atoms with Crippen molar-refractivity contribution >= 4 is 11.7 Å². The Morgan fingerprint density at radius 3 is 1.87 bits per heavy atom. The molecule has 0 unspecified atom stereocenters. The van der Waals surface area contributed by atoms with E-state index in [1.165, 1.54) is 0 Å². The molecule has 1 aromatic carbocycles. The summed E-state index contributed by atoms with van der Waals surface area (Å²) in [5.74, 6) is -1.23. The molecule has 126 valence electrons. The van der Waals surface area contributed by atoms with Gasteiger partial charge >= 0.3 is 12.4 Å². The first kappa shape index (κ1) is 17.3. The fourth-order valence-electron chi connectivity index (χ4n) is 2.13. The van der Waals surface area contributed by atoms with Crippen LogP contribution in [0.1, 0.15) is 29.5 Å². The summed E-state index contributed by atoms with van der Waals surface area (Å²) < 4.78 is 76.1. The molecule has 0 spiro atoms. The minimum atomic E-state index is -4.93. The van der Waals surface area contributed by atoms with E-state index in [2.05, 4.69) is 5.32 Å². The first-order chi connectivity index (χ1) is 10.5. The number of nitrogens with one attached hydrogen (secondary N) is 1. The SMILES string of the molecule is O=C1CC(C(=O)NCc2cc(C(F)(F)F)cc(C(F)(F)F)c2)C1. The van der Waals surface area contributed by atoms with E-state index < -0.39 is 41.8 Å². The molecule has 23 heavy (non-hydrogen) atoms. The van der Waals surface area contributed by atoms with Gasteiger partial charge in [-0.1, -0.05) is 0 Å². The normalized spacial score (nSPS) is 16.2. The fraction of sp³-hybridized carbons (Fsp3) is 0.429. The number of rotatable bonds is 3. The number of hydrogen-bond acceptors (Lipinski definition) is 2. The molecule has 0 bridgehead atoms. The largest absolute Gasteiger partial charge is 0.416 e. The summed E-state index contributed by atoms with van der Waals surface area (Å²) in [6.45, 7) is -0.476. The molecule has 1 amide bonds. The summed E-state index contributed by atoms with van der Waals surface area (Å²) in [6, 6.07) is 1.14. The van der Waals surface area contributed by atoms with Gasteiger partial charge in [-0.15, -0.1) is 0 Å². The van der Waals surface area contributed by atoms with Crippen molar-refractivity contribution in [3.05, 3.63) is 34.9 Å². The molecule has 9 heteroatoms. The van der Waals surface area contributed by atoms with Crippen LogP contribution in [0.3, 0.4) is 0 Å². The van der Waals surface area contributed by atoms with Crippen LogP contribution < -0.4 is 5.32 Å². The van der Waals surface area contributed by atoms with Gasteiger partial charge in [0.1, 0.15) is 5.78 Å². The van der Waals surface area contributed by atoms with Gasteiger partial charge in [0.2, 0.25) is 5.91 Å². The van der Waals surface area contributed by atoms with Crippen LogP contribution in [-0.4, -0.2) is 11.7 Å². The number of Topliss-reactive ketones (excluding diaryl/α,β-unsaturated/α-hetero) is 1. The van der Waals surface area contributed by atoms with Gasteiger partial charge in [0.25, 0.3) is 0 Å². The Morgan fingerprint density at radius 2 is 1.48 bits per heavy atom. The number of alkyl halides is 6. The summed E-state index contributed by atoms with van der Waals surface area (Å²) in [5.41, 5.74) is -3.18. The molecule has 1 N–H and O–H groups in total. The Labute approximate surface area is 126 Å². The summed E-state index contributed by atoms with van der Waals surface area (Å²) >= 11 is 0. The summed E-state index contributed by atoms with van der Waals surface area (Å²) in [4.78, 5) is 22.4. The van der Waals surface area contributed by atoms with Crippen molar-refractivity contribution in [3.63, 3.8) is 0 Å². The van der Waals surface area contributed by atoms with Crippen LogP contribution in [0.2, 0.25) is 0 Å². The Morgan fingerprint density at radius 1 is 1.00 bits per heavy atom. The Kier molecular flexibility index (Phi) is 4.41. The summed E-state index contributed by atoms with van der Waals surface area (Å²) in [7, 11) is 0. The van der Waals surface area contributed by atoms with Crippen LogP contribution in [0, 0.1) is 5.92 Å². The molecule has 0 saturated heterocycles. The highest BCUT2D eigenvalue weighted by Gasteiger charge is 2.37. The average Bonchev–Trinajstić information content (AvgIpc) is 2.39. The van der Waals surface area contributed by atoms with Gasteiger partial charge in [0, 0.05) is 19.4 Å². The second-order valence-corrected chi connectivity index (χ2v) is 5.28. The van der Waals surface area contributed by atoms with Gasteiger partial charge in [-0.3, -0.25) is 9.59 Å².